The summed E-state index contributed by atoms with van der Waals surface area (Å²) in [4.78, 5) is 0. The second-order valence-corrected chi connectivity index (χ2v) is 2.80. The Bertz CT molecular complexity index is 92.4. The van der Waals surface area contributed by atoms with Crippen LogP contribution in [0.25, 0.3) is 0 Å². The van der Waals surface area contributed by atoms with Crippen molar-refractivity contribution < 1.29 is 5.21 Å². The SMILES string of the molecule is CSC(C)/C(C)=N\O. The van der Waals surface area contributed by atoms with E-state index in [9.17, 15) is 0 Å². The fourth-order valence-electron chi connectivity index (χ4n) is 0.252. The Morgan fingerprint density at radius 3 is 2.38 bits per heavy atom. The van der Waals surface area contributed by atoms with E-state index in [1.807, 2.05) is 13.2 Å². The zero-order chi connectivity index (χ0) is 6.57. The Hall–Kier alpha value is -0.180. The van der Waals surface area contributed by atoms with Crippen LogP contribution < -0.4 is 0 Å². The van der Waals surface area contributed by atoms with Crippen LogP contribution in [0.2, 0.25) is 0 Å². The number of nitrogens with zero attached hydrogens (tertiary/aromatic N) is 1. The van der Waals surface area contributed by atoms with Crippen molar-refractivity contribution in [2.75, 3.05) is 6.26 Å². The van der Waals surface area contributed by atoms with Gasteiger partial charge in [0.05, 0.1) is 5.71 Å². The number of thioether (sulfide) groups is 1. The molecule has 0 aliphatic rings. The van der Waals surface area contributed by atoms with Crippen molar-refractivity contribution in [2.24, 2.45) is 5.16 Å². The third-order valence-electron chi connectivity index (χ3n) is 1.10. The van der Waals surface area contributed by atoms with Crippen LogP contribution in [-0.2, 0) is 0 Å². The topological polar surface area (TPSA) is 32.6 Å². The van der Waals surface area contributed by atoms with E-state index in [0.29, 0.717) is 5.25 Å². The predicted molar refractivity (Wildman–Crippen MR) is 37.9 cm³/mol. The van der Waals surface area contributed by atoms with Gasteiger partial charge >= 0.3 is 0 Å². The van der Waals surface area contributed by atoms with Gasteiger partial charge in [0.25, 0.3) is 0 Å². The second-order valence-electron chi connectivity index (χ2n) is 1.62. The molecule has 0 bridgehead atoms. The third kappa shape index (κ3) is 2.21. The first-order valence-corrected chi connectivity index (χ1v) is 3.72. The lowest BCUT2D eigenvalue weighted by atomic mass is 10.3. The fourth-order valence-corrected chi connectivity index (χ4v) is 0.640. The van der Waals surface area contributed by atoms with Crippen molar-refractivity contribution in [2.45, 2.75) is 19.1 Å². The van der Waals surface area contributed by atoms with Gasteiger partial charge in [-0.15, -0.1) is 0 Å². The zero-order valence-corrected chi connectivity index (χ0v) is 6.20. The van der Waals surface area contributed by atoms with Crippen molar-refractivity contribution in [1.29, 1.82) is 0 Å². The number of rotatable bonds is 2. The van der Waals surface area contributed by atoms with Crippen LogP contribution in [0.15, 0.2) is 5.16 Å². The second kappa shape index (κ2) is 3.78. The van der Waals surface area contributed by atoms with E-state index in [4.69, 9.17) is 5.21 Å². The Labute approximate surface area is 54.0 Å². The normalized spacial score (nSPS) is 16.1. The van der Waals surface area contributed by atoms with Crippen LogP contribution in [-0.4, -0.2) is 22.4 Å². The van der Waals surface area contributed by atoms with Gasteiger partial charge in [-0.1, -0.05) is 5.16 Å². The Kier molecular flexibility index (Phi) is 3.69. The molecule has 0 aromatic rings. The van der Waals surface area contributed by atoms with E-state index in [2.05, 4.69) is 5.16 Å². The summed E-state index contributed by atoms with van der Waals surface area (Å²) in [5.74, 6) is 0. The molecule has 0 aromatic carbocycles. The molecule has 0 saturated carbocycles. The molecular formula is C5H11NOS. The average molecular weight is 133 g/mol. The van der Waals surface area contributed by atoms with Crippen LogP contribution >= 0.6 is 11.8 Å². The van der Waals surface area contributed by atoms with Gasteiger partial charge in [-0.25, -0.2) is 0 Å². The Morgan fingerprint density at radius 1 is 1.75 bits per heavy atom. The maximum absolute atomic E-state index is 8.21. The number of hydrogen-bond acceptors (Lipinski definition) is 3. The first kappa shape index (κ1) is 7.82. The van der Waals surface area contributed by atoms with Gasteiger partial charge in [-0.05, 0) is 20.1 Å². The lowest BCUT2D eigenvalue weighted by molar-refractivity contribution is 0.318. The summed E-state index contributed by atoms with van der Waals surface area (Å²) in [5.41, 5.74) is 0.775. The van der Waals surface area contributed by atoms with Crippen LogP contribution in [0, 0.1) is 0 Å². The first-order valence-electron chi connectivity index (χ1n) is 2.43. The minimum absolute atomic E-state index is 0.333. The van der Waals surface area contributed by atoms with Crippen LogP contribution in [0.5, 0.6) is 0 Å². The fraction of sp³-hybridized carbons (Fsp3) is 0.800. The maximum atomic E-state index is 8.21. The van der Waals surface area contributed by atoms with E-state index in [1.54, 1.807) is 18.7 Å². The summed E-state index contributed by atoms with van der Waals surface area (Å²) in [5, 5.41) is 11.6. The third-order valence-corrected chi connectivity index (χ3v) is 2.15. The highest BCUT2D eigenvalue weighted by Gasteiger charge is 2.01. The molecule has 0 aliphatic heterocycles. The largest absolute Gasteiger partial charge is 0.411 e. The molecular weight excluding hydrogens is 122 g/mol. The average Bonchev–Trinajstić information content (AvgIpc) is 1.84. The summed E-state index contributed by atoms with van der Waals surface area (Å²) in [6.07, 6.45) is 1.99. The molecule has 3 heteroatoms. The van der Waals surface area contributed by atoms with Crippen LogP contribution in [0.3, 0.4) is 0 Å². The van der Waals surface area contributed by atoms with Crippen molar-refractivity contribution >= 4 is 17.5 Å². The van der Waals surface area contributed by atoms with Gasteiger partial charge < -0.3 is 5.21 Å². The van der Waals surface area contributed by atoms with Gasteiger partial charge in [-0.3, -0.25) is 0 Å². The summed E-state index contributed by atoms with van der Waals surface area (Å²) >= 11 is 1.67. The van der Waals surface area contributed by atoms with E-state index >= 15 is 0 Å². The quantitative estimate of drug-likeness (QED) is 0.352. The lowest BCUT2D eigenvalue weighted by Gasteiger charge is -2.02. The molecule has 48 valence electrons. The summed E-state index contributed by atoms with van der Waals surface area (Å²) in [6.45, 7) is 3.81. The number of oxime groups is 1. The summed E-state index contributed by atoms with van der Waals surface area (Å²) < 4.78 is 0. The molecule has 1 atom stereocenters. The van der Waals surface area contributed by atoms with Crippen molar-refractivity contribution in [3.05, 3.63) is 0 Å². The van der Waals surface area contributed by atoms with Gasteiger partial charge in [-0.2, -0.15) is 11.8 Å². The molecule has 0 spiro atoms. The van der Waals surface area contributed by atoms with Gasteiger partial charge in [0, 0.05) is 5.25 Å². The molecule has 8 heavy (non-hydrogen) atoms. The standard InChI is InChI=1S/C5H11NOS/c1-4(6-7)5(2)8-3/h5,7H,1-3H3/b6-4-. The monoisotopic (exact) mass is 133 g/mol. The van der Waals surface area contributed by atoms with Gasteiger partial charge in [0.15, 0.2) is 0 Å². The Balaban J connectivity index is 3.63. The minimum Gasteiger partial charge on any atom is -0.411 e. The highest BCUT2D eigenvalue weighted by Crippen LogP contribution is 2.05. The highest BCUT2D eigenvalue weighted by atomic mass is 32.2. The highest BCUT2D eigenvalue weighted by molar-refractivity contribution is 7.99. The molecule has 0 heterocycles. The smallest absolute Gasteiger partial charge is 0.0666 e. The molecule has 0 fully saturated rings. The van der Waals surface area contributed by atoms with Crippen LogP contribution in [0.1, 0.15) is 13.8 Å². The van der Waals surface area contributed by atoms with E-state index in [1.165, 1.54) is 0 Å². The lowest BCUT2D eigenvalue weighted by Crippen LogP contribution is -2.07. The summed E-state index contributed by atoms with van der Waals surface area (Å²) in [6, 6.07) is 0. The molecule has 0 saturated heterocycles. The zero-order valence-electron chi connectivity index (χ0n) is 5.38. The van der Waals surface area contributed by atoms with Gasteiger partial charge in [0.1, 0.15) is 0 Å². The summed E-state index contributed by atoms with van der Waals surface area (Å²) in [7, 11) is 0. The van der Waals surface area contributed by atoms with Crippen molar-refractivity contribution in [3.8, 4) is 0 Å². The molecule has 1 unspecified atom stereocenters. The van der Waals surface area contributed by atoms with Crippen molar-refractivity contribution in [1.82, 2.24) is 0 Å². The minimum atomic E-state index is 0.333. The molecule has 0 rings (SSSR count). The van der Waals surface area contributed by atoms with E-state index < -0.39 is 0 Å². The predicted octanol–water partition coefficient (Wildman–Crippen LogP) is 1.59. The van der Waals surface area contributed by atoms with Gasteiger partial charge in [0.2, 0.25) is 0 Å². The van der Waals surface area contributed by atoms with Crippen molar-refractivity contribution in [3.63, 3.8) is 0 Å². The molecule has 0 aliphatic carbocycles. The van der Waals surface area contributed by atoms with E-state index in [-0.39, 0.29) is 0 Å². The molecule has 0 aromatic heterocycles. The number of hydrogen-bond donors (Lipinski definition) is 1. The maximum Gasteiger partial charge on any atom is 0.0666 e. The molecule has 0 amide bonds. The molecule has 2 nitrogen and oxygen atoms in total. The Morgan fingerprint density at radius 2 is 2.25 bits per heavy atom. The first-order chi connectivity index (χ1) is 3.72. The van der Waals surface area contributed by atoms with E-state index in [0.717, 1.165) is 5.71 Å². The molecule has 1 N–H and O–H groups in total. The van der Waals surface area contributed by atoms with Crippen LogP contribution in [0.4, 0.5) is 0 Å². The molecule has 0 radical (unpaired) electrons.